The van der Waals surface area contributed by atoms with E-state index >= 15 is 0 Å². The molecule has 0 saturated carbocycles. The Bertz CT molecular complexity index is 378. The fourth-order valence-electron chi connectivity index (χ4n) is 2.67. The van der Waals surface area contributed by atoms with Gasteiger partial charge in [-0.1, -0.05) is 0 Å². The van der Waals surface area contributed by atoms with Crippen LogP contribution in [0.4, 0.5) is 10.1 Å². The maximum Gasteiger partial charge on any atom is 0.123 e. The molecular formula is C14H21FN2. The zero-order chi connectivity index (χ0) is 12.3. The quantitative estimate of drug-likeness (QED) is 0.791. The van der Waals surface area contributed by atoms with Gasteiger partial charge in [-0.25, -0.2) is 4.39 Å². The molecule has 0 fully saturated rings. The van der Waals surface area contributed by atoms with Crippen LogP contribution in [0, 0.1) is 5.82 Å². The Kier molecular flexibility index (Phi) is 4.00. The lowest BCUT2D eigenvalue weighted by Crippen LogP contribution is -2.21. The molecule has 0 amide bonds. The van der Waals surface area contributed by atoms with Gasteiger partial charge in [0.1, 0.15) is 5.82 Å². The number of rotatable bonds is 5. The highest BCUT2D eigenvalue weighted by Crippen LogP contribution is 2.38. The number of nitrogens with one attached hydrogen (secondary N) is 1. The Morgan fingerprint density at radius 2 is 2.29 bits per heavy atom. The van der Waals surface area contributed by atoms with Gasteiger partial charge in [-0.2, -0.15) is 0 Å². The maximum atomic E-state index is 13.3. The highest BCUT2D eigenvalue weighted by Gasteiger charge is 2.27. The standard InChI is InChI=1S/C14H21FN2/c1-3-17-10-11(5-4-8-16-2)13-9-12(15)6-7-14(13)17/h6-7,9,11,16H,3-5,8,10H2,1-2H3. The summed E-state index contributed by atoms with van der Waals surface area (Å²) in [6.07, 6.45) is 2.28. The first-order valence-corrected chi connectivity index (χ1v) is 6.45. The van der Waals surface area contributed by atoms with Gasteiger partial charge in [-0.3, -0.25) is 0 Å². The highest BCUT2D eigenvalue weighted by atomic mass is 19.1. The number of anilines is 1. The second-order valence-corrected chi connectivity index (χ2v) is 4.68. The molecule has 1 aliphatic rings. The number of benzene rings is 1. The van der Waals surface area contributed by atoms with Gasteiger partial charge in [0.2, 0.25) is 0 Å². The molecule has 0 spiro atoms. The minimum atomic E-state index is -0.111. The maximum absolute atomic E-state index is 13.3. The Morgan fingerprint density at radius 1 is 1.47 bits per heavy atom. The lowest BCUT2D eigenvalue weighted by molar-refractivity contribution is 0.582. The van der Waals surface area contributed by atoms with Gasteiger partial charge in [0.25, 0.3) is 0 Å². The van der Waals surface area contributed by atoms with E-state index in [9.17, 15) is 4.39 Å². The SMILES string of the molecule is CCN1CC(CCCNC)c2cc(F)ccc21. The molecule has 1 aliphatic heterocycles. The summed E-state index contributed by atoms with van der Waals surface area (Å²) in [5.74, 6) is 0.384. The molecule has 0 bridgehead atoms. The first-order chi connectivity index (χ1) is 8.26. The van der Waals surface area contributed by atoms with Gasteiger partial charge in [-0.05, 0) is 57.1 Å². The molecule has 17 heavy (non-hydrogen) atoms. The zero-order valence-electron chi connectivity index (χ0n) is 10.7. The first-order valence-electron chi connectivity index (χ1n) is 6.45. The average Bonchev–Trinajstić information content (AvgIpc) is 2.67. The lowest BCUT2D eigenvalue weighted by atomic mass is 9.96. The second kappa shape index (κ2) is 5.50. The molecule has 1 atom stereocenters. The number of likely N-dealkylation sites (N-methyl/N-ethyl adjacent to an activating group) is 1. The largest absolute Gasteiger partial charge is 0.371 e. The Labute approximate surface area is 103 Å². The summed E-state index contributed by atoms with van der Waals surface area (Å²) in [5, 5.41) is 3.16. The monoisotopic (exact) mass is 236 g/mol. The van der Waals surface area contributed by atoms with Crippen LogP contribution in [0.2, 0.25) is 0 Å². The third kappa shape index (κ3) is 2.60. The van der Waals surface area contributed by atoms with E-state index < -0.39 is 0 Å². The van der Waals surface area contributed by atoms with E-state index in [0.29, 0.717) is 5.92 Å². The molecule has 2 rings (SSSR count). The first kappa shape index (κ1) is 12.4. The Hall–Kier alpha value is -1.09. The highest BCUT2D eigenvalue weighted by molar-refractivity contribution is 5.60. The van der Waals surface area contributed by atoms with Gasteiger partial charge in [0.15, 0.2) is 0 Å². The van der Waals surface area contributed by atoms with Crippen molar-refractivity contribution < 1.29 is 4.39 Å². The van der Waals surface area contributed by atoms with E-state index in [2.05, 4.69) is 17.1 Å². The summed E-state index contributed by atoms with van der Waals surface area (Å²) >= 11 is 0. The predicted octanol–water partition coefficient (Wildman–Crippen LogP) is 2.75. The molecular weight excluding hydrogens is 215 g/mol. The van der Waals surface area contributed by atoms with Gasteiger partial charge in [-0.15, -0.1) is 0 Å². The fraction of sp³-hybridized carbons (Fsp3) is 0.571. The molecule has 1 N–H and O–H groups in total. The summed E-state index contributed by atoms with van der Waals surface area (Å²) in [5.41, 5.74) is 2.42. The van der Waals surface area contributed by atoms with Crippen molar-refractivity contribution in [1.29, 1.82) is 0 Å². The van der Waals surface area contributed by atoms with Crippen LogP contribution in [0.1, 0.15) is 31.2 Å². The molecule has 0 aliphatic carbocycles. The van der Waals surface area contributed by atoms with Crippen molar-refractivity contribution in [2.45, 2.75) is 25.7 Å². The summed E-state index contributed by atoms with van der Waals surface area (Å²) in [6.45, 7) is 5.23. The molecule has 2 nitrogen and oxygen atoms in total. The summed E-state index contributed by atoms with van der Waals surface area (Å²) < 4.78 is 13.3. The fourth-order valence-corrected chi connectivity index (χ4v) is 2.67. The van der Waals surface area contributed by atoms with Crippen molar-refractivity contribution in [3.05, 3.63) is 29.6 Å². The van der Waals surface area contributed by atoms with Crippen LogP contribution in [-0.4, -0.2) is 26.7 Å². The smallest absolute Gasteiger partial charge is 0.123 e. The number of hydrogen-bond donors (Lipinski definition) is 1. The van der Waals surface area contributed by atoms with E-state index in [0.717, 1.165) is 32.5 Å². The van der Waals surface area contributed by atoms with Gasteiger partial charge < -0.3 is 10.2 Å². The van der Waals surface area contributed by atoms with E-state index in [1.807, 2.05) is 13.1 Å². The van der Waals surface area contributed by atoms with E-state index in [-0.39, 0.29) is 5.82 Å². The van der Waals surface area contributed by atoms with E-state index in [1.54, 1.807) is 12.1 Å². The van der Waals surface area contributed by atoms with Gasteiger partial charge in [0.05, 0.1) is 0 Å². The molecule has 1 unspecified atom stereocenters. The number of hydrogen-bond acceptors (Lipinski definition) is 2. The number of halogens is 1. The van der Waals surface area contributed by atoms with Crippen molar-refractivity contribution in [1.82, 2.24) is 5.32 Å². The molecule has 94 valence electrons. The molecule has 1 aromatic carbocycles. The zero-order valence-corrected chi connectivity index (χ0v) is 10.7. The van der Waals surface area contributed by atoms with Gasteiger partial charge in [0, 0.05) is 24.7 Å². The second-order valence-electron chi connectivity index (χ2n) is 4.68. The van der Waals surface area contributed by atoms with Crippen LogP contribution in [-0.2, 0) is 0 Å². The molecule has 0 radical (unpaired) electrons. The Balaban J connectivity index is 2.14. The van der Waals surface area contributed by atoms with Crippen LogP contribution in [0.5, 0.6) is 0 Å². The number of fused-ring (bicyclic) bond motifs is 1. The third-order valence-corrected chi connectivity index (χ3v) is 3.57. The molecule has 0 saturated heterocycles. The van der Waals surface area contributed by atoms with Gasteiger partial charge >= 0.3 is 0 Å². The normalized spacial score (nSPS) is 18.5. The molecule has 0 aromatic heterocycles. The van der Waals surface area contributed by atoms with Crippen molar-refractivity contribution in [3.8, 4) is 0 Å². The lowest BCUT2D eigenvalue weighted by Gasteiger charge is -2.17. The topological polar surface area (TPSA) is 15.3 Å². The molecule has 1 aromatic rings. The van der Waals surface area contributed by atoms with Crippen LogP contribution >= 0.6 is 0 Å². The minimum absolute atomic E-state index is 0.111. The van der Waals surface area contributed by atoms with E-state index in [4.69, 9.17) is 0 Å². The van der Waals surface area contributed by atoms with Crippen molar-refractivity contribution in [2.24, 2.45) is 0 Å². The van der Waals surface area contributed by atoms with Crippen LogP contribution < -0.4 is 10.2 Å². The van der Waals surface area contributed by atoms with Crippen molar-refractivity contribution in [2.75, 3.05) is 31.6 Å². The summed E-state index contributed by atoms with van der Waals surface area (Å²) in [7, 11) is 1.97. The summed E-state index contributed by atoms with van der Waals surface area (Å²) in [4.78, 5) is 2.35. The molecule has 1 heterocycles. The van der Waals surface area contributed by atoms with Crippen molar-refractivity contribution >= 4 is 5.69 Å². The van der Waals surface area contributed by atoms with E-state index in [1.165, 1.54) is 11.3 Å². The molecule has 3 heteroatoms. The van der Waals surface area contributed by atoms with Crippen LogP contribution in [0.3, 0.4) is 0 Å². The third-order valence-electron chi connectivity index (χ3n) is 3.57. The summed E-state index contributed by atoms with van der Waals surface area (Å²) in [6, 6.07) is 5.21. The Morgan fingerprint density at radius 3 is 3.00 bits per heavy atom. The van der Waals surface area contributed by atoms with Crippen molar-refractivity contribution in [3.63, 3.8) is 0 Å². The predicted molar refractivity (Wildman–Crippen MR) is 70.2 cm³/mol. The minimum Gasteiger partial charge on any atom is -0.371 e. The number of nitrogens with zero attached hydrogens (tertiary/aromatic N) is 1. The van der Waals surface area contributed by atoms with Crippen LogP contribution in [0.15, 0.2) is 18.2 Å². The average molecular weight is 236 g/mol. The van der Waals surface area contributed by atoms with Crippen LogP contribution in [0.25, 0.3) is 0 Å².